The lowest BCUT2D eigenvalue weighted by Gasteiger charge is -2.38. The quantitative estimate of drug-likeness (QED) is 0.326. The molecule has 3 aromatic rings. The molecule has 2 aromatic carbocycles. The molecule has 1 aromatic heterocycles. The molecule has 0 spiro atoms. The van der Waals surface area contributed by atoms with Crippen molar-refractivity contribution in [3.63, 3.8) is 0 Å². The molecule has 0 bridgehead atoms. The van der Waals surface area contributed by atoms with E-state index in [-0.39, 0.29) is 11.3 Å². The van der Waals surface area contributed by atoms with E-state index in [1.807, 2.05) is 39.0 Å². The van der Waals surface area contributed by atoms with Crippen LogP contribution in [0.5, 0.6) is 0 Å². The summed E-state index contributed by atoms with van der Waals surface area (Å²) in [5, 5.41) is 18.4. The minimum atomic E-state index is -1.07. The highest BCUT2D eigenvalue weighted by Crippen LogP contribution is 2.39. The molecule has 4 rings (SSSR count). The van der Waals surface area contributed by atoms with Gasteiger partial charge in [-0.2, -0.15) is 0 Å². The van der Waals surface area contributed by atoms with Gasteiger partial charge in [0.2, 0.25) is 0 Å². The summed E-state index contributed by atoms with van der Waals surface area (Å²) < 4.78 is 0. The van der Waals surface area contributed by atoms with E-state index in [1.165, 1.54) is 6.33 Å². The number of rotatable bonds is 7. The highest BCUT2D eigenvalue weighted by Gasteiger charge is 2.41. The Labute approximate surface area is 222 Å². The van der Waals surface area contributed by atoms with Gasteiger partial charge in [-0.3, -0.25) is 4.79 Å². The Morgan fingerprint density at radius 3 is 2.21 bits per heavy atom. The average molecular weight is 516 g/mol. The van der Waals surface area contributed by atoms with Crippen molar-refractivity contribution in [3.05, 3.63) is 71.8 Å². The Hall–Kier alpha value is -4.27. The first-order valence-corrected chi connectivity index (χ1v) is 12.8. The number of aryl methyl sites for hydroxylation is 2. The molecule has 1 heterocycles. The summed E-state index contributed by atoms with van der Waals surface area (Å²) in [6, 6.07) is 9.10. The Morgan fingerprint density at radius 2 is 1.58 bits per heavy atom. The van der Waals surface area contributed by atoms with Crippen LogP contribution >= 0.6 is 0 Å². The number of aromatic nitrogens is 2. The second-order valence-corrected chi connectivity index (χ2v) is 10.2. The van der Waals surface area contributed by atoms with Gasteiger partial charge >= 0.3 is 12.0 Å². The van der Waals surface area contributed by atoms with Gasteiger partial charge in [0.1, 0.15) is 12.4 Å². The van der Waals surface area contributed by atoms with E-state index in [4.69, 9.17) is 0 Å². The van der Waals surface area contributed by atoms with Crippen molar-refractivity contribution in [3.8, 4) is 11.1 Å². The molecule has 1 atom stereocenters. The number of benzene rings is 2. The van der Waals surface area contributed by atoms with Crippen LogP contribution in [-0.4, -0.2) is 39.0 Å². The van der Waals surface area contributed by atoms with Crippen LogP contribution in [0.15, 0.2) is 55.1 Å². The number of para-hydroxylation sites is 1. The number of amides is 3. The number of urea groups is 1. The predicted molar refractivity (Wildman–Crippen MR) is 146 cm³/mol. The maximum absolute atomic E-state index is 13.5. The largest absolute Gasteiger partial charge is 0.480 e. The van der Waals surface area contributed by atoms with Crippen molar-refractivity contribution in [2.45, 2.75) is 58.9 Å². The SMILES string of the molecule is Cc1cccc(C)c1NC(=O)Nc1cc(-c2cncnc2)ccc1C(=O)N[C@H](C(=O)O)C1(C)CCCCC1. The van der Waals surface area contributed by atoms with E-state index in [0.717, 1.165) is 43.2 Å². The van der Waals surface area contributed by atoms with Crippen LogP contribution in [-0.2, 0) is 4.79 Å². The molecular formula is C29H33N5O4. The highest BCUT2D eigenvalue weighted by molar-refractivity contribution is 6.08. The molecule has 1 aliphatic carbocycles. The molecule has 1 fully saturated rings. The second-order valence-electron chi connectivity index (χ2n) is 10.2. The average Bonchev–Trinajstić information content (AvgIpc) is 2.90. The van der Waals surface area contributed by atoms with Crippen molar-refractivity contribution >= 4 is 29.3 Å². The molecule has 9 nitrogen and oxygen atoms in total. The maximum atomic E-state index is 13.5. The molecule has 1 saturated carbocycles. The lowest BCUT2D eigenvalue weighted by Crippen LogP contribution is -2.52. The van der Waals surface area contributed by atoms with Gasteiger partial charge in [0.05, 0.1) is 11.3 Å². The van der Waals surface area contributed by atoms with Gasteiger partial charge in [-0.05, 0) is 60.9 Å². The topological polar surface area (TPSA) is 133 Å². The number of hydrogen-bond acceptors (Lipinski definition) is 5. The normalized spacial score (nSPS) is 15.2. The zero-order chi connectivity index (χ0) is 27.3. The number of carboxylic acids is 1. The van der Waals surface area contributed by atoms with E-state index in [0.29, 0.717) is 16.8 Å². The number of carbonyl (C=O) groups is 3. The van der Waals surface area contributed by atoms with Gasteiger partial charge < -0.3 is 21.1 Å². The van der Waals surface area contributed by atoms with Crippen molar-refractivity contribution < 1.29 is 19.5 Å². The first-order valence-electron chi connectivity index (χ1n) is 12.8. The van der Waals surface area contributed by atoms with E-state index in [2.05, 4.69) is 25.9 Å². The summed E-state index contributed by atoms with van der Waals surface area (Å²) in [5.74, 6) is -1.63. The van der Waals surface area contributed by atoms with Crippen LogP contribution < -0.4 is 16.0 Å². The van der Waals surface area contributed by atoms with Gasteiger partial charge in [0.15, 0.2) is 0 Å². The van der Waals surface area contributed by atoms with Crippen LogP contribution in [0, 0.1) is 19.3 Å². The third kappa shape index (κ3) is 5.99. The lowest BCUT2D eigenvalue weighted by atomic mass is 9.70. The monoisotopic (exact) mass is 515 g/mol. The van der Waals surface area contributed by atoms with Gasteiger partial charge in [-0.25, -0.2) is 19.6 Å². The van der Waals surface area contributed by atoms with Crippen LogP contribution in [0.4, 0.5) is 16.2 Å². The fourth-order valence-corrected chi connectivity index (χ4v) is 5.14. The van der Waals surface area contributed by atoms with Crippen LogP contribution in [0.2, 0.25) is 0 Å². The molecule has 0 saturated heterocycles. The fourth-order valence-electron chi connectivity index (χ4n) is 5.14. The Morgan fingerprint density at radius 1 is 0.921 bits per heavy atom. The predicted octanol–water partition coefficient (Wildman–Crippen LogP) is 5.56. The molecule has 0 radical (unpaired) electrons. The summed E-state index contributed by atoms with van der Waals surface area (Å²) in [6.45, 7) is 5.71. The van der Waals surface area contributed by atoms with Crippen molar-refractivity contribution in [2.24, 2.45) is 5.41 Å². The fraction of sp³-hybridized carbons (Fsp3) is 0.345. The first kappa shape index (κ1) is 26.8. The zero-order valence-corrected chi connectivity index (χ0v) is 21.9. The van der Waals surface area contributed by atoms with Crippen molar-refractivity contribution in [2.75, 3.05) is 10.6 Å². The van der Waals surface area contributed by atoms with Gasteiger partial charge in [-0.15, -0.1) is 0 Å². The van der Waals surface area contributed by atoms with E-state index < -0.39 is 29.4 Å². The highest BCUT2D eigenvalue weighted by atomic mass is 16.4. The number of hydrogen-bond donors (Lipinski definition) is 4. The van der Waals surface area contributed by atoms with Crippen molar-refractivity contribution in [1.82, 2.24) is 15.3 Å². The summed E-state index contributed by atoms with van der Waals surface area (Å²) in [6.07, 6.45) is 9.04. The number of anilines is 2. The smallest absolute Gasteiger partial charge is 0.326 e. The molecule has 9 heteroatoms. The number of nitrogens with zero attached hydrogens (tertiary/aromatic N) is 2. The molecule has 198 valence electrons. The summed E-state index contributed by atoms with van der Waals surface area (Å²) in [4.78, 5) is 46.9. The molecule has 38 heavy (non-hydrogen) atoms. The third-order valence-corrected chi connectivity index (χ3v) is 7.34. The van der Waals surface area contributed by atoms with Crippen LogP contribution in [0.25, 0.3) is 11.1 Å². The van der Waals surface area contributed by atoms with Gasteiger partial charge in [0, 0.05) is 23.6 Å². The summed E-state index contributed by atoms with van der Waals surface area (Å²) >= 11 is 0. The summed E-state index contributed by atoms with van der Waals surface area (Å²) in [5.41, 5.74) is 3.73. The molecule has 1 aliphatic rings. The standard InChI is InChI=1S/C29H33N5O4/c1-18-8-7-9-19(2)24(18)33-28(38)32-23-14-20(21-15-30-17-31-16-21)10-11-22(23)26(35)34-25(27(36)37)29(3)12-5-4-6-13-29/h7-11,14-17,25H,4-6,12-13H2,1-3H3,(H,34,35)(H,36,37)(H2,32,33,38)/t25-/m1/s1. The summed E-state index contributed by atoms with van der Waals surface area (Å²) in [7, 11) is 0. The molecule has 0 aliphatic heterocycles. The number of carboxylic acid groups (broad SMARTS) is 1. The van der Waals surface area contributed by atoms with E-state index in [9.17, 15) is 19.5 Å². The van der Waals surface area contributed by atoms with Gasteiger partial charge in [0.25, 0.3) is 5.91 Å². The molecule has 4 N–H and O–H groups in total. The van der Waals surface area contributed by atoms with Crippen molar-refractivity contribution in [1.29, 1.82) is 0 Å². The maximum Gasteiger partial charge on any atom is 0.326 e. The van der Waals surface area contributed by atoms with E-state index >= 15 is 0 Å². The Balaban J connectivity index is 1.65. The Kier molecular flexibility index (Phi) is 8.05. The first-order chi connectivity index (χ1) is 18.2. The number of aliphatic carboxylic acids is 1. The van der Waals surface area contributed by atoms with Crippen LogP contribution in [0.3, 0.4) is 0 Å². The third-order valence-electron chi connectivity index (χ3n) is 7.34. The minimum absolute atomic E-state index is 0.160. The molecule has 0 unspecified atom stereocenters. The molecule has 3 amide bonds. The van der Waals surface area contributed by atoms with Gasteiger partial charge in [-0.1, -0.05) is 50.5 Å². The second kappa shape index (κ2) is 11.4. The van der Waals surface area contributed by atoms with E-state index in [1.54, 1.807) is 30.6 Å². The Bertz CT molecular complexity index is 1320. The zero-order valence-electron chi connectivity index (χ0n) is 21.9. The molecular weight excluding hydrogens is 482 g/mol. The minimum Gasteiger partial charge on any atom is -0.480 e. The lowest BCUT2D eigenvalue weighted by molar-refractivity contribution is -0.143. The number of nitrogens with one attached hydrogen (secondary N) is 3. The number of carbonyl (C=O) groups excluding carboxylic acids is 2. The van der Waals surface area contributed by atoms with Crippen LogP contribution in [0.1, 0.15) is 60.5 Å².